The van der Waals surface area contributed by atoms with Gasteiger partial charge in [-0.2, -0.15) is 0 Å². The second kappa shape index (κ2) is 8.19. The van der Waals surface area contributed by atoms with Gasteiger partial charge in [0.25, 0.3) is 5.91 Å². The Bertz CT molecular complexity index is 733. The van der Waals surface area contributed by atoms with Crippen LogP contribution in [0.3, 0.4) is 0 Å². The summed E-state index contributed by atoms with van der Waals surface area (Å²) in [5.74, 6) is -0.428. The van der Waals surface area contributed by atoms with Crippen molar-refractivity contribution in [2.75, 3.05) is 14.2 Å². The SMILES string of the molecule is COc1cc(OC)cc(C(=O)N[C@@H](CC(=O)O)c2ccc(C)cc2)c1. The Morgan fingerprint density at radius 2 is 1.60 bits per heavy atom. The van der Waals surface area contributed by atoms with E-state index in [0.717, 1.165) is 11.1 Å². The molecule has 0 aromatic heterocycles. The minimum absolute atomic E-state index is 0.212. The number of carboxylic acid groups (broad SMARTS) is 1. The minimum Gasteiger partial charge on any atom is -0.497 e. The van der Waals surface area contributed by atoms with Crippen molar-refractivity contribution in [2.45, 2.75) is 19.4 Å². The largest absolute Gasteiger partial charge is 0.497 e. The number of carbonyl (C=O) groups is 2. The van der Waals surface area contributed by atoms with Crippen molar-refractivity contribution in [1.82, 2.24) is 5.32 Å². The number of ether oxygens (including phenoxy) is 2. The van der Waals surface area contributed by atoms with Crippen LogP contribution in [-0.4, -0.2) is 31.2 Å². The fourth-order valence-electron chi connectivity index (χ4n) is 2.41. The summed E-state index contributed by atoms with van der Waals surface area (Å²) < 4.78 is 10.3. The fraction of sp³-hybridized carbons (Fsp3) is 0.263. The summed E-state index contributed by atoms with van der Waals surface area (Å²) in [4.78, 5) is 23.8. The smallest absolute Gasteiger partial charge is 0.305 e. The third kappa shape index (κ3) is 4.97. The van der Waals surface area contributed by atoms with Gasteiger partial charge in [0.2, 0.25) is 0 Å². The summed E-state index contributed by atoms with van der Waals surface area (Å²) in [7, 11) is 2.99. The van der Waals surface area contributed by atoms with Gasteiger partial charge in [0.1, 0.15) is 11.5 Å². The van der Waals surface area contributed by atoms with Gasteiger partial charge < -0.3 is 19.9 Å². The Hall–Kier alpha value is -3.02. The lowest BCUT2D eigenvalue weighted by Gasteiger charge is -2.18. The van der Waals surface area contributed by atoms with E-state index in [4.69, 9.17) is 14.6 Å². The van der Waals surface area contributed by atoms with E-state index in [2.05, 4.69) is 5.32 Å². The van der Waals surface area contributed by atoms with Crippen LogP contribution in [0.25, 0.3) is 0 Å². The van der Waals surface area contributed by atoms with Crippen molar-refractivity contribution in [1.29, 1.82) is 0 Å². The fourth-order valence-corrected chi connectivity index (χ4v) is 2.41. The molecular formula is C19H21NO5. The molecule has 0 spiro atoms. The molecule has 0 heterocycles. The van der Waals surface area contributed by atoms with Crippen LogP contribution in [-0.2, 0) is 4.79 Å². The first-order chi connectivity index (χ1) is 11.9. The monoisotopic (exact) mass is 343 g/mol. The zero-order valence-electron chi connectivity index (χ0n) is 14.4. The second-order valence-corrected chi connectivity index (χ2v) is 5.64. The Kier molecular flexibility index (Phi) is 6.00. The topological polar surface area (TPSA) is 84.9 Å². The zero-order chi connectivity index (χ0) is 18.4. The van der Waals surface area contributed by atoms with E-state index < -0.39 is 17.9 Å². The molecule has 0 saturated heterocycles. The van der Waals surface area contributed by atoms with Gasteiger partial charge in [0, 0.05) is 11.6 Å². The molecule has 2 rings (SSSR count). The van der Waals surface area contributed by atoms with Gasteiger partial charge in [-0.3, -0.25) is 9.59 Å². The van der Waals surface area contributed by atoms with Crippen LogP contribution in [0, 0.1) is 6.92 Å². The second-order valence-electron chi connectivity index (χ2n) is 5.64. The molecule has 2 N–H and O–H groups in total. The summed E-state index contributed by atoms with van der Waals surface area (Å²) in [6.45, 7) is 1.94. The van der Waals surface area contributed by atoms with Crippen LogP contribution in [0.4, 0.5) is 0 Å². The van der Waals surface area contributed by atoms with E-state index in [9.17, 15) is 9.59 Å². The Morgan fingerprint density at radius 3 is 2.08 bits per heavy atom. The molecule has 132 valence electrons. The number of carboxylic acids is 1. The van der Waals surface area contributed by atoms with E-state index in [1.54, 1.807) is 18.2 Å². The number of methoxy groups -OCH3 is 2. The van der Waals surface area contributed by atoms with Gasteiger partial charge in [-0.25, -0.2) is 0 Å². The molecule has 6 heteroatoms. The van der Waals surface area contributed by atoms with E-state index in [1.165, 1.54) is 14.2 Å². The lowest BCUT2D eigenvalue weighted by molar-refractivity contribution is -0.137. The molecule has 1 amide bonds. The number of hydrogen-bond acceptors (Lipinski definition) is 4. The molecule has 2 aromatic rings. The summed E-state index contributed by atoms with van der Waals surface area (Å²) in [6.07, 6.45) is -0.212. The molecule has 0 aliphatic carbocycles. The quantitative estimate of drug-likeness (QED) is 0.807. The van der Waals surface area contributed by atoms with Crippen LogP contribution in [0.15, 0.2) is 42.5 Å². The molecule has 0 aliphatic rings. The van der Waals surface area contributed by atoms with Gasteiger partial charge in [-0.1, -0.05) is 29.8 Å². The first-order valence-electron chi connectivity index (χ1n) is 7.75. The lowest BCUT2D eigenvalue weighted by Crippen LogP contribution is -2.30. The summed E-state index contributed by atoms with van der Waals surface area (Å²) in [6, 6.07) is 11.6. The number of benzene rings is 2. The lowest BCUT2D eigenvalue weighted by atomic mass is 10.0. The predicted molar refractivity (Wildman–Crippen MR) is 93.2 cm³/mol. The van der Waals surface area contributed by atoms with Gasteiger partial charge in [-0.15, -0.1) is 0 Å². The number of nitrogens with one attached hydrogen (secondary N) is 1. The number of rotatable bonds is 7. The van der Waals surface area contributed by atoms with Crippen molar-refractivity contribution in [2.24, 2.45) is 0 Å². The van der Waals surface area contributed by atoms with E-state index >= 15 is 0 Å². The third-order valence-corrected chi connectivity index (χ3v) is 3.78. The first-order valence-corrected chi connectivity index (χ1v) is 7.75. The first kappa shape index (κ1) is 18.3. The maximum atomic E-state index is 12.6. The average Bonchev–Trinajstić information content (AvgIpc) is 2.60. The van der Waals surface area contributed by atoms with Crippen LogP contribution in [0.1, 0.15) is 33.9 Å². The normalized spacial score (nSPS) is 11.5. The maximum Gasteiger partial charge on any atom is 0.305 e. The van der Waals surface area contributed by atoms with Crippen molar-refractivity contribution in [3.8, 4) is 11.5 Å². The average molecular weight is 343 g/mol. The van der Waals surface area contributed by atoms with Crippen molar-refractivity contribution >= 4 is 11.9 Å². The Labute approximate surface area is 146 Å². The van der Waals surface area contributed by atoms with Crippen LogP contribution >= 0.6 is 0 Å². The molecule has 0 radical (unpaired) electrons. The van der Waals surface area contributed by atoms with Crippen LogP contribution in [0.5, 0.6) is 11.5 Å². The molecule has 25 heavy (non-hydrogen) atoms. The standard InChI is InChI=1S/C19H21NO5/c1-12-4-6-13(7-5-12)17(11-18(21)22)20-19(23)14-8-15(24-2)10-16(9-14)25-3/h4-10,17H,11H2,1-3H3,(H,20,23)(H,21,22)/t17-/m0/s1. The minimum atomic E-state index is -0.992. The number of hydrogen-bond donors (Lipinski definition) is 2. The van der Waals surface area contributed by atoms with Gasteiger partial charge >= 0.3 is 5.97 Å². The molecule has 0 aliphatic heterocycles. The molecular weight excluding hydrogens is 322 g/mol. The molecule has 0 unspecified atom stereocenters. The summed E-state index contributed by atoms with van der Waals surface area (Å²) >= 11 is 0. The molecule has 6 nitrogen and oxygen atoms in total. The van der Waals surface area contributed by atoms with E-state index in [-0.39, 0.29) is 6.42 Å². The number of aliphatic carboxylic acids is 1. The van der Waals surface area contributed by atoms with Crippen molar-refractivity contribution < 1.29 is 24.2 Å². The zero-order valence-corrected chi connectivity index (χ0v) is 14.4. The number of aryl methyl sites for hydroxylation is 1. The van der Waals surface area contributed by atoms with Crippen molar-refractivity contribution in [3.63, 3.8) is 0 Å². The van der Waals surface area contributed by atoms with Crippen LogP contribution in [0.2, 0.25) is 0 Å². The summed E-state index contributed by atoms with van der Waals surface area (Å²) in [5.41, 5.74) is 2.12. The van der Waals surface area contributed by atoms with Gasteiger partial charge in [-0.05, 0) is 24.6 Å². The summed E-state index contributed by atoms with van der Waals surface area (Å²) in [5, 5.41) is 11.9. The molecule has 0 saturated carbocycles. The molecule has 0 fully saturated rings. The van der Waals surface area contributed by atoms with E-state index in [0.29, 0.717) is 17.1 Å². The highest BCUT2D eigenvalue weighted by Crippen LogP contribution is 2.24. The van der Waals surface area contributed by atoms with Crippen LogP contribution < -0.4 is 14.8 Å². The Balaban J connectivity index is 2.27. The van der Waals surface area contributed by atoms with Gasteiger partial charge in [0.15, 0.2) is 0 Å². The number of amides is 1. The Morgan fingerprint density at radius 1 is 1.04 bits per heavy atom. The molecule has 0 bridgehead atoms. The highest BCUT2D eigenvalue weighted by atomic mass is 16.5. The molecule has 1 atom stereocenters. The van der Waals surface area contributed by atoms with Gasteiger partial charge in [0.05, 0.1) is 26.7 Å². The van der Waals surface area contributed by atoms with Crippen molar-refractivity contribution in [3.05, 3.63) is 59.2 Å². The third-order valence-electron chi connectivity index (χ3n) is 3.78. The van der Waals surface area contributed by atoms with E-state index in [1.807, 2.05) is 31.2 Å². The number of carbonyl (C=O) groups excluding carboxylic acids is 1. The maximum absolute atomic E-state index is 12.6. The highest BCUT2D eigenvalue weighted by Gasteiger charge is 2.20. The highest BCUT2D eigenvalue weighted by molar-refractivity contribution is 5.95. The predicted octanol–water partition coefficient (Wildman–Crippen LogP) is 2.96. The molecule has 2 aromatic carbocycles.